The molecule has 0 N–H and O–H groups in total. The molecular formula is C7H12O. The molecule has 0 aromatic carbocycles. The first kappa shape index (κ1) is 5.83. The molecule has 0 amide bonds. The quantitative estimate of drug-likeness (QED) is 0.432. The third-order valence-corrected chi connectivity index (χ3v) is 1.67. The highest BCUT2D eigenvalue weighted by Crippen LogP contribution is 2.13. The van der Waals surface area contributed by atoms with Crippen LogP contribution in [0.15, 0.2) is 11.6 Å². The standard InChI is InChI=1S/C7H12O/c1-6-3-4-8-5-7(6)2/h3,7H,4-5H2,1-2H3. The fourth-order valence-corrected chi connectivity index (χ4v) is 0.768. The average molecular weight is 112 g/mol. The normalized spacial score (nSPS) is 29.8. The minimum atomic E-state index is 0.642. The molecule has 0 aromatic heterocycles. The van der Waals surface area contributed by atoms with Crippen molar-refractivity contribution in [2.45, 2.75) is 13.8 Å². The van der Waals surface area contributed by atoms with Gasteiger partial charge in [-0.1, -0.05) is 18.6 Å². The van der Waals surface area contributed by atoms with Crippen molar-refractivity contribution in [3.63, 3.8) is 0 Å². The van der Waals surface area contributed by atoms with Gasteiger partial charge in [-0.3, -0.25) is 0 Å². The summed E-state index contributed by atoms with van der Waals surface area (Å²) in [6, 6.07) is 0. The Bertz CT molecular complexity index is 105. The summed E-state index contributed by atoms with van der Waals surface area (Å²) in [5, 5.41) is 0. The molecule has 1 nitrogen and oxygen atoms in total. The second-order valence-electron chi connectivity index (χ2n) is 2.39. The molecular weight excluding hydrogens is 100 g/mol. The van der Waals surface area contributed by atoms with Crippen LogP contribution in [0.2, 0.25) is 0 Å². The molecule has 1 aliphatic rings. The molecule has 0 fully saturated rings. The Morgan fingerprint density at radius 2 is 2.50 bits per heavy atom. The monoisotopic (exact) mass is 112 g/mol. The van der Waals surface area contributed by atoms with Crippen LogP contribution in [-0.4, -0.2) is 13.2 Å². The lowest BCUT2D eigenvalue weighted by atomic mass is 10.0. The van der Waals surface area contributed by atoms with Crippen molar-refractivity contribution in [3.05, 3.63) is 11.6 Å². The molecule has 1 heterocycles. The lowest BCUT2D eigenvalue weighted by Crippen LogP contribution is -2.12. The molecule has 0 spiro atoms. The van der Waals surface area contributed by atoms with Crippen molar-refractivity contribution in [1.82, 2.24) is 0 Å². The largest absolute Gasteiger partial charge is 0.377 e. The van der Waals surface area contributed by atoms with Crippen LogP contribution in [0.4, 0.5) is 0 Å². The van der Waals surface area contributed by atoms with E-state index < -0.39 is 0 Å². The maximum absolute atomic E-state index is 5.18. The van der Waals surface area contributed by atoms with E-state index in [2.05, 4.69) is 19.9 Å². The Labute approximate surface area is 50.3 Å². The molecule has 1 heteroatoms. The number of rotatable bonds is 0. The molecule has 1 aliphatic heterocycles. The van der Waals surface area contributed by atoms with Crippen LogP contribution in [0.3, 0.4) is 0 Å². The Morgan fingerprint density at radius 1 is 1.75 bits per heavy atom. The van der Waals surface area contributed by atoms with Crippen molar-refractivity contribution in [2.24, 2.45) is 5.92 Å². The smallest absolute Gasteiger partial charge is 0.0650 e. The van der Waals surface area contributed by atoms with Crippen LogP contribution < -0.4 is 0 Å². The first-order valence-corrected chi connectivity index (χ1v) is 3.05. The summed E-state index contributed by atoms with van der Waals surface area (Å²) < 4.78 is 5.18. The lowest BCUT2D eigenvalue weighted by molar-refractivity contribution is 0.126. The molecule has 1 unspecified atom stereocenters. The van der Waals surface area contributed by atoms with Crippen molar-refractivity contribution in [1.29, 1.82) is 0 Å². The molecule has 1 atom stereocenters. The summed E-state index contributed by atoms with van der Waals surface area (Å²) in [4.78, 5) is 0. The second-order valence-corrected chi connectivity index (χ2v) is 2.39. The van der Waals surface area contributed by atoms with Gasteiger partial charge < -0.3 is 4.74 Å². The summed E-state index contributed by atoms with van der Waals surface area (Å²) >= 11 is 0. The molecule has 46 valence electrons. The summed E-state index contributed by atoms with van der Waals surface area (Å²) in [5.41, 5.74) is 1.47. The van der Waals surface area contributed by atoms with Gasteiger partial charge in [0.1, 0.15) is 0 Å². The van der Waals surface area contributed by atoms with E-state index in [4.69, 9.17) is 4.74 Å². The molecule has 8 heavy (non-hydrogen) atoms. The lowest BCUT2D eigenvalue weighted by Gasteiger charge is -2.16. The van der Waals surface area contributed by atoms with Crippen LogP contribution in [0.1, 0.15) is 13.8 Å². The fourth-order valence-electron chi connectivity index (χ4n) is 0.768. The summed E-state index contributed by atoms with van der Waals surface area (Å²) in [6.45, 7) is 6.07. The highest BCUT2D eigenvalue weighted by atomic mass is 16.5. The highest BCUT2D eigenvalue weighted by molar-refractivity contribution is 5.04. The molecule has 0 bridgehead atoms. The zero-order chi connectivity index (χ0) is 5.98. The van der Waals surface area contributed by atoms with Crippen LogP contribution in [0.25, 0.3) is 0 Å². The van der Waals surface area contributed by atoms with Crippen LogP contribution in [0.5, 0.6) is 0 Å². The first-order valence-electron chi connectivity index (χ1n) is 3.05. The van der Waals surface area contributed by atoms with E-state index in [1.807, 2.05) is 0 Å². The number of ether oxygens (including phenoxy) is 1. The van der Waals surface area contributed by atoms with Gasteiger partial charge in [-0.05, 0) is 6.92 Å². The second kappa shape index (κ2) is 2.31. The summed E-state index contributed by atoms with van der Waals surface area (Å²) in [6.07, 6.45) is 2.15. The van der Waals surface area contributed by atoms with Gasteiger partial charge in [0.2, 0.25) is 0 Å². The Morgan fingerprint density at radius 3 is 2.88 bits per heavy atom. The minimum Gasteiger partial charge on any atom is -0.377 e. The molecule has 0 aromatic rings. The Balaban J connectivity index is 2.53. The van der Waals surface area contributed by atoms with Gasteiger partial charge in [0.15, 0.2) is 0 Å². The van der Waals surface area contributed by atoms with E-state index >= 15 is 0 Å². The highest BCUT2D eigenvalue weighted by Gasteiger charge is 2.07. The van der Waals surface area contributed by atoms with Gasteiger partial charge in [-0.15, -0.1) is 0 Å². The van der Waals surface area contributed by atoms with E-state index in [-0.39, 0.29) is 0 Å². The Kier molecular flexibility index (Phi) is 1.69. The van der Waals surface area contributed by atoms with E-state index in [0.29, 0.717) is 5.92 Å². The van der Waals surface area contributed by atoms with Gasteiger partial charge in [0.25, 0.3) is 0 Å². The van der Waals surface area contributed by atoms with Crippen LogP contribution in [0, 0.1) is 5.92 Å². The van der Waals surface area contributed by atoms with Crippen molar-refractivity contribution >= 4 is 0 Å². The summed E-state index contributed by atoms with van der Waals surface area (Å²) in [7, 11) is 0. The van der Waals surface area contributed by atoms with Gasteiger partial charge in [0, 0.05) is 5.92 Å². The zero-order valence-electron chi connectivity index (χ0n) is 5.48. The van der Waals surface area contributed by atoms with Gasteiger partial charge in [-0.2, -0.15) is 0 Å². The van der Waals surface area contributed by atoms with Crippen LogP contribution in [-0.2, 0) is 4.74 Å². The predicted octanol–water partition coefficient (Wildman–Crippen LogP) is 1.60. The average Bonchev–Trinajstić information content (AvgIpc) is 1.77. The number of hydrogen-bond acceptors (Lipinski definition) is 1. The maximum atomic E-state index is 5.18. The van der Waals surface area contributed by atoms with E-state index in [1.165, 1.54) is 5.57 Å². The Hall–Kier alpha value is -0.300. The van der Waals surface area contributed by atoms with Crippen molar-refractivity contribution < 1.29 is 4.74 Å². The predicted molar refractivity (Wildman–Crippen MR) is 33.7 cm³/mol. The molecule has 0 aliphatic carbocycles. The fraction of sp³-hybridized carbons (Fsp3) is 0.714. The molecule has 0 saturated heterocycles. The van der Waals surface area contributed by atoms with E-state index in [9.17, 15) is 0 Å². The van der Waals surface area contributed by atoms with Crippen molar-refractivity contribution in [2.75, 3.05) is 13.2 Å². The summed E-state index contributed by atoms with van der Waals surface area (Å²) in [5.74, 6) is 0.642. The SMILES string of the molecule is CC1=CCOCC1C. The topological polar surface area (TPSA) is 9.23 Å². The van der Waals surface area contributed by atoms with E-state index in [0.717, 1.165) is 13.2 Å². The first-order chi connectivity index (χ1) is 3.80. The maximum Gasteiger partial charge on any atom is 0.0650 e. The van der Waals surface area contributed by atoms with Crippen LogP contribution >= 0.6 is 0 Å². The minimum absolute atomic E-state index is 0.642. The van der Waals surface area contributed by atoms with Gasteiger partial charge >= 0.3 is 0 Å². The zero-order valence-corrected chi connectivity index (χ0v) is 5.48. The molecule has 0 radical (unpaired) electrons. The third kappa shape index (κ3) is 1.10. The van der Waals surface area contributed by atoms with Gasteiger partial charge in [0.05, 0.1) is 13.2 Å². The van der Waals surface area contributed by atoms with Crippen molar-refractivity contribution in [3.8, 4) is 0 Å². The number of hydrogen-bond donors (Lipinski definition) is 0. The molecule has 1 rings (SSSR count). The molecule has 0 saturated carbocycles. The third-order valence-electron chi connectivity index (χ3n) is 1.67. The van der Waals surface area contributed by atoms with Gasteiger partial charge in [-0.25, -0.2) is 0 Å². The van der Waals surface area contributed by atoms with E-state index in [1.54, 1.807) is 0 Å².